The lowest BCUT2D eigenvalue weighted by atomic mass is 9.80. The van der Waals surface area contributed by atoms with E-state index in [2.05, 4.69) is 5.32 Å². The number of benzene rings is 2. The standard InChI is InChI=1S/C30H31N3O10S/c1-18-25(29(35)42-15-7-13-32-28(34)23-11-3-4-12-24(23)44(32,39)40)27(20-8-5-9-21(16-20)33(37)38)26(19(2)31-18)30(36)43-17-22-10-6-14-41-22/h3-5,8-9,11-12,16,22,27,31H,6-7,10,13-15,17H2,1-2H3. The highest BCUT2D eigenvalue weighted by Crippen LogP contribution is 2.40. The average molecular weight is 626 g/mol. The second-order valence-corrected chi connectivity index (χ2v) is 12.4. The summed E-state index contributed by atoms with van der Waals surface area (Å²) in [6, 6.07) is 11.5. The number of carbonyl (C=O) groups excluding carboxylic acids is 3. The van der Waals surface area contributed by atoms with Crippen LogP contribution < -0.4 is 5.32 Å². The van der Waals surface area contributed by atoms with Crippen molar-refractivity contribution in [2.24, 2.45) is 0 Å². The van der Waals surface area contributed by atoms with Crippen LogP contribution in [0.25, 0.3) is 0 Å². The van der Waals surface area contributed by atoms with Crippen LogP contribution in [0.15, 0.2) is 76.0 Å². The van der Waals surface area contributed by atoms with Crippen LogP contribution in [0.5, 0.6) is 0 Å². The number of rotatable bonds is 10. The maximum Gasteiger partial charge on any atom is 0.336 e. The Morgan fingerprint density at radius 3 is 2.43 bits per heavy atom. The number of hydrogen-bond acceptors (Lipinski definition) is 11. The molecule has 2 aromatic carbocycles. The number of amides is 1. The number of sulfonamides is 1. The van der Waals surface area contributed by atoms with Gasteiger partial charge in [-0.2, -0.15) is 0 Å². The van der Waals surface area contributed by atoms with E-state index in [-0.39, 0.29) is 59.6 Å². The zero-order chi connectivity index (χ0) is 31.6. The molecule has 232 valence electrons. The number of carbonyl (C=O) groups is 3. The van der Waals surface area contributed by atoms with Crippen LogP contribution in [0, 0.1) is 10.1 Å². The van der Waals surface area contributed by atoms with Gasteiger partial charge in [-0.15, -0.1) is 0 Å². The van der Waals surface area contributed by atoms with Gasteiger partial charge in [0, 0.05) is 43.1 Å². The Bertz CT molecular complexity index is 1690. The molecule has 0 spiro atoms. The fraction of sp³-hybridized carbons (Fsp3) is 0.367. The van der Waals surface area contributed by atoms with Crippen molar-refractivity contribution in [1.29, 1.82) is 0 Å². The van der Waals surface area contributed by atoms with Crippen LogP contribution in [0.2, 0.25) is 0 Å². The van der Waals surface area contributed by atoms with Crippen LogP contribution >= 0.6 is 0 Å². The Morgan fingerprint density at radius 1 is 1.07 bits per heavy atom. The maximum absolute atomic E-state index is 13.6. The van der Waals surface area contributed by atoms with Crippen molar-refractivity contribution in [3.63, 3.8) is 0 Å². The number of nitrogens with zero attached hydrogens (tertiary/aromatic N) is 2. The summed E-state index contributed by atoms with van der Waals surface area (Å²) in [7, 11) is -4.01. The molecule has 3 aliphatic rings. The van der Waals surface area contributed by atoms with E-state index >= 15 is 0 Å². The second-order valence-electron chi connectivity index (χ2n) is 10.6. The Kier molecular flexibility index (Phi) is 8.83. The Hall–Kier alpha value is -4.56. The SMILES string of the molecule is CC1=C(C(=O)OCCCN2C(=O)c3ccccc3S2(=O)=O)C(c2cccc([N+](=O)[O-])c2)C(C(=O)OCC2CCCO2)=C(C)N1. The highest BCUT2D eigenvalue weighted by Gasteiger charge is 2.41. The molecule has 1 saturated heterocycles. The summed E-state index contributed by atoms with van der Waals surface area (Å²) < 4.78 is 43.1. The number of nitro benzene ring substituents is 1. The number of nitrogens with one attached hydrogen (secondary N) is 1. The molecule has 1 amide bonds. The molecule has 3 aliphatic heterocycles. The topological polar surface area (TPSA) is 171 Å². The molecule has 44 heavy (non-hydrogen) atoms. The summed E-state index contributed by atoms with van der Waals surface area (Å²) in [5.41, 5.74) is 1.07. The Labute approximate surface area is 253 Å². The first-order valence-electron chi connectivity index (χ1n) is 14.1. The molecular formula is C30H31N3O10S. The van der Waals surface area contributed by atoms with Crippen molar-refractivity contribution < 1.29 is 41.9 Å². The van der Waals surface area contributed by atoms with Gasteiger partial charge in [0.25, 0.3) is 21.6 Å². The fourth-order valence-corrected chi connectivity index (χ4v) is 7.22. The molecule has 5 rings (SSSR count). The number of ether oxygens (including phenoxy) is 3. The van der Waals surface area contributed by atoms with Gasteiger partial charge in [-0.1, -0.05) is 24.3 Å². The number of non-ortho nitro benzene ring substituents is 1. The van der Waals surface area contributed by atoms with E-state index in [1.165, 1.54) is 36.4 Å². The summed E-state index contributed by atoms with van der Waals surface area (Å²) in [6.45, 7) is 3.39. The van der Waals surface area contributed by atoms with Gasteiger partial charge >= 0.3 is 11.9 Å². The number of hydrogen-bond donors (Lipinski definition) is 1. The first-order valence-corrected chi connectivity index (χ1v) is 15.5. The summed E-state index contributed by atoms with van der Waals surface area (Å²) in [5.74, 6) is -3.24. The van der Waals surface area contributed by atoms with Crippen LogP contribution in [0.1, 0.15) is 54.9 Å². The quantitative estimate of drug-likeness (QED) is 0.178. The van der Waals surface area contributed by atoms with Crippen LogP contribution in [0.3, 0.4) is 0 Å². The van der Waals surface area contributed by atoms with E-state index in [1.807, 2.05) is 0 Å². The van der Waals surface area contributed by atoms with Crippen LogP contribution in [-0.2, 0) is 33.8 Å². The predicted molar refractivity (Wildman–Crippen MR) is 155 cm³/mol. The summed E-state index contributed by atoms with van der Waals surface area (Å²) in [5, 5.41) is 14.6. The van der Waals surface area contributed by atoms with Crippen molar-refractivity contribution in [3.8, 4) is 0 Å². The molecule has 0 aromatic heterocycles. The minimum absolute atomic E-state index is 0.0110. The van der Waals surface area contributed by atoms with E-state index in [9.17, 15) is 32.9 Å². The van der Waals surface area contributed by atoms with E-state index in [4.69, 9.17) is 14.2 Å². The zero-order valence-electron chi connectivity index (χ0n) is 24.1. The molecule has 1 N–H and O–H groups in total. The van der Waals surface area contributed by atoms with Gasteiger partial charge in [0.1, 0.15) is 11.5 Å². The number of dihydropyridines is 1. The summed E-state index contributed by atoms with van der Waals surface area (Å²) in [4.78, 5) is 50.6. The third-order valence-corrected chi connectivity index (χ3v) is 9.53. The smallest absolute Gasteiger partial charge is 0.336 e. The first kappa shape index (κ1) is 30.9. The third-order valence-electron chi connectivity index (χ3n) is 7.69. The molecule has 0 saturated carbocycles. The zero-order valence-corrected chi connectivity index (χ0v) is 24.9. The maximum atomic E-state index is 13.6. The molecule has 0 radical (unpaired) electrons. The molecule has 0 bridgehead atoms. The van der Waals surface area contributed by atoms with E-state index in [1.54, 1.807) is 26.0 Å². The van der Waals surface area contributed by atoms with E-state index in [0.29, 0.717) is 23.6 Å². The highest BCUT2D eigenvalue weighted by molar-refractivity contribution is 7.90. The van der Waals surface area contributed by atoms with Gasteiger partial charge < -0.3 is 19.5 Å². The molecule has 3 heterocycles. The molecule has 14 heteroatoms. The number of esters is 2. The Balaban J connectivity index is 1.35. The summed E-state index contributed by atoms with van der Waals surface area (Å²) in [6.07, 6.45) is 1.36. The third kappa shape index (κ3) is 5.95. The lowest BCUT2D eigenvalue weighted by Gasteiger charge is -2.30. The lowest BCUT2D eigenvalue weighted by molar-refractivity contribution is -0.384. The predicted octanol–water partition coefficient (Wildman–Crippen LogP) is 3.33. The normalized spacial score (nSPS) is 20.8. The van der Waals surface area contributed by atoms with Crippen molar-refractivity contribution in [1.82, 2.24) is 9.62 Å². The van der Waals surface area contributed by atoms with Gasteiger partial charge in [-0.25, -0.2) is 22.3 Å². The minimum Gasteiger partial charge on any atom is -0.462 e. The largest absolute Gasteiger partial charge is 0.462 e. The number of nitro groups is 1. The van der Waals surface area contributed by atoms with Gasteiger partial charge in [0.05, 0.1) is 40.3 Å². The molecule has 2 unspecified atom stereocenters. The summed E-state index contributed by atoms with van der Waals surface area (Å²) >= 11 is 0. The van der Waals surface area contributed by atoms with Crippen LogP contribution in [-0.4, -0.2) is 68.0 Å². The molecule has 13 nitrogen and oxygen atoms in total. The van der Waals surface area contributed by atoms with E-state index in [0.717, 1.165) is 17.1 Å². The van der Waals surface area contributed by atoms with Gasteiger partial charge in [0.15, 0.2) is 0 Å². The van der Waals surface area contributed by atoms with Crippen molar-refractivity contribution in [2.45, 2.75) is 50.0 Å². The van der Waals surface area contributed by atoms with Gasteiger partial charge in [0.2, 0.25) is 0 Å². The van der Waals surface area contributed by atoms with Gasteiger partial charge in [-0.3, -0.25) is 14.9 Å². The number of allylic oxidation sites excluding steroid dienone is 2. The first-order chi connectivity index (χ1) is 21.0. The van der Waals surface area contributed by atoms with E-state index < -0.39 is 38.7 Å². The molecule has 2 aromatic rings. The van der Waals surface area contributed by atoms with Crippen molar-refractivity contribution in [2.75, 3.05) is 26.4 Å². The molecule has 0 aliphatic carbocycles. The fourth-order valence-electron chi connectivity index (χ4n) is 5.61. The highest BCUT2D eigenvalue weighted by atomic mass is 32.2. The average Bonchev–Trinajstić information content (AvgIpc) is 3.58. The Morgan fingerprint density at radius 2 is 1.77 bits per heavy atom. The lowest BCUT2D eigenvalue weighted by Crippen LogP contribution is -2.34. The van der Waals surface area contributed by atoms with Crippen molar-refractivity contribution >= 4 is 33.6 Å². The molecule has 1 fully saturated rings. The molecule has 2 atom stereocenters. The minimum atomic E-state index is -4.01. The van der Waals surface area contributed by atoms with Crippen LogP contribution in [0.4, 0.5) is 5.69 Å². The van der Waals surface area contributed by atoms with Crippen molar-refractivity contribution in [3.05, 3.63) is 92.3 Å². The number of fused-ring (bicyclic) bond motifs is 1. The van der Waals surface area contributed by atoms with Gasteiger partial charge in [-0.05, 0) is 44.4 Å². The second kappa shape index (κ2) is 12.6. The molecular weight excluding hydrogens is 594 g/mol. The monoisotopic (exact) mass is 625 g/mol.